The van der Waals surface area contributed by atoms with Gasteiger partial charge in [0.25, 0.3) is 0 Å². The first kappa shape index (κ1) is 14.4. The first-order valence-corrected chi connectivity index (χ1v) is 6.23. The fraction of sp³-hybridized carbons (Fsp3) is 0.455. The summed E-state index contributed by atoms with van der Waals surface area (Å²) in [6, 6.07) is 0.992. The lowest BCUT2D eigenvalue weighted by Crippen LogP contribution is -2.36. The minimum Gasteiger partial charge on any atom is -0.387 e. The Balaban J connectivity index is 2.13. The van der Waals surface area contributed by atoms with Gasteiger partial charge in [0.15, 0.2) is 23.5 Å². The fourth-order valence-corrected chi connectivity index (χ4v) is 2.50. The maximum atomic E-state index is 14.4. The maximum absolute atomic E-state index is 14.4. The van der Waals surface area contributed by atoms with Crippen molar-refractivity contribution in [2.24, 2.45) is 5.11 Å². The molecule has 9 nitrogen and oxygen atoms in total. The molecule has 0 saturated carbocycles. The zero-order chi connectivity index (χ0) is 16.1. The summed E-state index contributed by atoms with van der Waals surface area (Å²) in [5.41, 5.74) is 12.1. The van der Waals surface area contributed by atoms with Crippen molar-refractivity contribution < 1.29 is 18.6 Å². The van der Waals surface area contributed by atoms with Crippen LogP contribution in [0.1, 0.15) is 18.7 Å². The average Bonchev–Trinajstić information content (AvgIpc) is 2.91. The van der Waals surface area contributed by atoms with Gasteiger partial charge in [-0.15, -0.1) is 0 Å². The Hall–Kier alpha value is -2.49. The summed E-state index contributed by atoms with van der Waals surface area (Å²) in [5.74, 6) is -0.874. The Labute approximate surface area is 121 Å². The Bertz CT molecular complexity index is 790. The zero-order valence-electron chi connectivity index (χ0n) is 11.3. The average molecular weight is 311 g/mol. The van der Waals surface area contributed by atoms with Crippen molar-refractivity contribution in [3.05, 3.63) is 34.3 Å². The van der Waals surface area contributed by atoms with E-state index < -0.39 is 29.9 Å². The van der Waals surface area contributed by atoms with Crippen LogP contribution in [-0.2, 0) is 4.74 Å². The van der Waals surface area contributed by atoms with E-state index in [-0.39, 0.29) is 17.0 Å². The maximum Gasteiger partial charge on any atom is 0.173 e. The molecule has 2 aromatic rings. The van der Waals surface area contributed by atoms with Crippen LogP contribution in [-0.4, -0.2) is 37.7 Å². The smallest absolute Gasteiger partial charge is 0.173 e. The summed E-state index contributed by atoms with van der Waals surface area (Å²) in [6.45, 7) is 1.24. The monoisotopic (exact) mass is 311 g/mol. The molecule has 0 aliphatic carbocycles. The van der Waals surface area contributed by atoms with Crippen LogP contribution >= 0.6 is 0 Å². The molecule has 0 amide bonds. The molecule has 1 aliphatic rings. The number of nitrogens with two attached hydrogens (primary N) is 1. The lowest BCUT2D eigenvalue weighted by Gasteiger charge is -2.20. The number of nitrogens with zero attached hydrogens (tertiary/aromatic N) is 6. The summed E-state index contributed by atoms with van der Waals surface area (Å²) in [6.07, 6.45) is -3.95. The second kappa shape index (κ2) is 4.77. The number of hydrogen-bond acceptors (Lipinski definition) is 6. The van der Waals surface area contributed by atoms with Crippen molar-refractivity contribution in [3.63, 3.8) is 0 Å². The number of rotatable bonds is 2. The molecule has 4 atom stereocenters. The predicted octanol–water partition coefficient (Wildman–Crippen LogP) is 1.25. The van der Waals surface area contributed by atoms with Crippen LogP contribution in [0.15, 0.2) is 17.5 Å². The number of aromatic nitrogens is 3. The van der Waals surface area contributed by atoms with Crippen molar-refractivity contribution in [1.82, 2.24) is 14.6 Å². The van der Waals surface area contributed by atoms with E-state index in [4.69, 9.17) is 16.0 Å². The van der Waals surface area contributed by atoms with Crippen LogP contribution in [0.25, 0.3) is 16.0 Å². The Kier molecular flexibility index (Phi) is 3.13. The van der Waals surface area contributed by atoms with E-state index in [2.05, 4.69) is 20.1 Å². The highest BCUT2D eigenvalue weighted by Crippen LogP contribution is 2.43. The number of aliphatic hydroxyl groups is 1. The van der Waals surface area contributed by atoms with Crippen LogP contribution in [0, 0.1) is 5.82 Å². The SMILES string of the molecule is C[C@@]1(N=[N+]=[N-])O[C@@H](c2cc(F)c3c(N)ncnn23)[C@H](F)[C@@H]1O. The Morgan fingerprint density at radius 3 is 3.05 bits per heavy atom. The summed E-state index contributed by atoms with van der Waals surface area (Å²) in [5, 5.41) is 17.0. The molecule has 3 heterocycles. The van der Waals surface area contributed by atoms with Gasteiger partial charge in [0, 0.05) is 11.0 Å². The molecule has 3 rings (SSSR count). The van der Waals surface area contributed by atoms with E-state index in [0.29, 0.717) is 0 Å². The van der Waals surface area contributed by atoms with Crippen LogP contribution < -0.4 is 5.73 Å². The van der Waals surface area contributed by atoms with Crippen molar-refractivity contribution in [1.29, 1.82) is 0 Å². The van der Waals surface area contributed by atoms with Gasteiger partial charge in [0.05, 0.1) is 5.69 Å². The summed E-state index contributed by atoms with van der Waals surface area (Å²) < 4.78 is 34.7. The van der Waals surface area contributed by atoms with Crippen LogP contribution in [0.3, 0.4) is 0 Å². The van der Waals surface area contributed by atoms with Crippen LogP contribution in [0.5, 0.6) is 0 Å². The van der Waals surface area contributed by atoms with Gasteiger partial charge >= 0.3 is 0 Å². The van der Waals surface area contributed by atoms with Crippen molar-refractivity contribution in [2.45, 2.75) is 31.0 Å². The highest BCUT2D eigenvalue weighted by atomic mass is 19.1. The molecule has 1 aliphatic heterocycles. The highest BCUT2D eigenvalue weighted by Gasteiger charge is 2.53. The van der Waals surface area contributed by atoms with Gasteiger partial charge in [0.2, 0.25) is 0 Å². The van der Waals surface area contributed by atoms with E-state index in [0.717, 1.165) is 16.9 Å². The number of ether oxygens (including phenoxy) is 1. The van der Waals surface area contributed by atoms with Gasteiger partial charge < -0.3 is 15.6 Å². The molecular formula is C11H11F2N7O2. The van der Waals surface area contributed by atoms with Crippen molar-refractivity contribution in [3.8, 4) is 0 Å². The molecule has 0 spiro atoms. The van der Waals surface area contributed by atoms with Crippen molar-refractivity contribution in [2.75, 3.05) is 5.73 Å². The molecule has 0 radical (unpaired) electrons. The third kappa shape index (κ3) is 1.87. The molecule has 2 aromatic heterocycles. The summed E-state index contributed by atoms with van der Waals surface area (Å²) in [4.78, 5) is 6.19. The number of alkyl halides is 1. The van der Waals surface area contributed by atoms with Gasteiger partial charge in [-0.2, -0.15) is 5.10 Å². The van der Waals surface area contributed by atoms with Crippen LogP contribution in [0.2, 0.25) is 0 Å². The molecule has 0 aromatic carbocycles. The second-order valence-corrected chi connectivity index (χ2v) is 4.99. The van der Waals surface area contributed by atoms with Gasteiger partial charge in [-0.05, 0) is 12.5 Å². The molecule has 22 heavy (non-hydrogen) atoms. The molecule has 0 bridgehead atoms. The molecule has 11 heteroatoms. The first-order valence-electron chi connectivity index (χ1n) is 6.23. The third-order valence-corrected chi connectivity index (χ3v) is 3.60. The van der Waals surface area contributed by atoms with E-state index in [1.54, 1.807) is 0 Å². The van der Waals surface area contributed by atoms with Gasteiger partial charge in [-0.3, -0.25) is 0 Å². The molecule has 3 N–H and O–H groups in total. The number of fused-ring (bicyclic) bond motifs is 1. The quantitative estimate of drug-likeness (QED) is 0.489. The molecule has 1 fully saturated rings. The molecular weight excluding hydrogens is 300 g/mol. The fourth-order valence-electron chi connectivity index (χ4n) is 2.50. The van der Waals surface area contributed by atoms with Gasteiger partial charge in [-0.1, -0.05) is 5.11 Å². The van der Waals surface area contributed by atoms with Crippen molar-refractivity contribution >= 4 is 11.3 Å². The summed E-state index contributed by atoms with van der Waals surface area (Å²) >= 11 is 0. The second-order valence-electron chi connectivity index (χ2n) is 4.99. The highest BCUT2D eigenvalue weighted by molar-refractivity contribution is 5.66. The largest absolute Gasteiger partial charge is 0.387 e. The molecule has 0 unspecified atom stereocenters. The number of azide groups is 1. The number of anilines is 1. The lowest BCUT2D eigenvalue weighted by molar-refractivity contribution is -0.0668. The first-order chi connectivity index (χ1) is 10.4. The van der Waals surface area contributed by atoms with E-state index >= 15 is 0 Å². The Morgan fingerprint density at radius 2 is 2.36 bits per heavy atom. The summed E-state index contributed by atoms with van der Waals surface area (Å²) in [7, 11) is 0. The minimum atomic E-state index is -1.94. The topological polar surface area (TPSA) is 134 Å². The lowest BCUT2D eigenvalue weighted by atomic mass is 10.0. The standard InChI is InChI=1S/C11H11F2N7O2/c1-11(18-19-15)9(21)6(13)8(22-11)5-2-4(12)7-10(14)16-3-17-20(5)7/h2-3,6,8-9,21H,1H3,(H2,14,16,17)/t6-,8-,9-,11+/m0/s1. The normalized spacial score (nSPS) is 31.4. The van der Waals surface area contributed by atoms with Crippen LogP contribution in [0.4, 0.5) is 14.6 Å². The van der Waals surface area contributed by atoms with E-state index in [1.165, 1.54) is 6.92 Å². The Morgan fingerprint density at radius 1 is 1.64 bits per heavy atom. The van der Waals surface area contributed by atoms with E-state index in [9.17, 15) is 13.9 Å². The number of nitrogen functional groups attached to an aromatic ring is 1. The number of hydrogen-bond donors (Lipinski definition) is 2. The number of halogens is 2. The third-order valence-electron chi connectivity index (χ3n) is 3.60. The van der Waals surface area contributed by atoms with E-state index in [1.807, 2.05) is 0 Å². The minimum absolute atomic E-state index is 0.00925. The van der Waals surface area contributed by atoms with Gasteiger partial charge in [0.1, 0.15) is 24.1 Å². The number of aliphatic hydroxyl groups excluding tert-OH is 1. The predicted molar refractivity (Wildman–Crippen MR) is 69.6 cm³/mol. The van der Waals surface area contributed by atoms with Gasteiger partial charge in [-0.25, -0.2) is 18.3 Å². The molecule has 1 saturated heterocycles. The molecule has 116 valence electrons. The zero-order valence-corrected chi connectivity index (χ0v) is 11.3.